The van der Waals surface area contributed by atoms with E-state index in [-0.39, 0.29) is 0 Å². The molecule has 0 aliphatic carbocycles. The van der Waals surface area contributed by atoms with Crippen LogP contribution in [0.4, 0.5) is 0 Å². The van der Waals surface area contributed by atoms with Gasteiger partial charge in [0.05, 0.1) is 0 Å². The molecule has 1 atom stereocenters. The molecule has 1 aliphatic rings. The molecule has 0 amide bonds. The minimum absolute atomic E-state index is 0.785. The van der Waals surface area contributed by atoms with Crippen molar-refractivity contribution in [3.63, 3.8) is 0 Å². The van der Waals surface area contributed by atoms with Crippen LogP contribution in [0.5, 0.6) is 0 Å². The highest BCUT2D eigenvalue weighted by atomic mass is 15.2. The monoisotopic (exact) mass is 185 g/mol. The highest BCUT2D eigenvalue weighted by Gasteiger charge is 2.12. The van der Waals surface area contributed by atoms with Gasteiger partial charge in [-0.25, -0.2) is 0 Å². The number of nitrogens with zero attached hydrogens (tertiary/aromatic N) is 2. The zero-order valence-corrected chi connectivity index (χ0v) is 9.21. The molecule has 1 rings (SSSR count). The maximum Gasteiger partial charge on any atom is 0.0107 e. The third-order valence-corrected chi connectivity index (χ3v) is 2.46. The van der Waals surface area contributed by atoms with Crippen LogP contribution >= 0.6 is 0 Å². The van der Waals surface area contributed by atoms with Crippen LogP contribution in [0.1, 0.15) is 6.92 Å². The standard InChI is InChI=1S/C10H23N3/c1-10(8-12(2)3)9-13-6-4-11-5-7-13/h10-11H,4-9H2,1-3H3. The van der Waals surface area contributed by atoms with Crippen molar-refractivity contribution in [2.45, 2.75) is 6.92 Å². The molecule has 3 nitrogen and oxygen atoms in total. The Hall–Kier alpha value is -0.120. The Balaban J connectivity index is 2.14. The molecule has 13 heavy (non-hydrogen) atoms. The van der Waals surface area contributed by atoms with Gasteiger partial charge in [0.25, 0.3) is 0 Å². The van der Waals surface area contributed by atoms with Gasteiger partial charge in [0.15, 0.2) is 0 Å². The van der Waals surface area contributed by atoms with E-state index in [0.717, 1.165) is 19.0 Å². The van der Waals surface area contributed by atoms with Crippen LogP contribution in [0.15, 0.2) is 0 Å². The fourth-order valence-electron chi connectivity index (χ4n) is 2.02. The SMILES string of the molecule is CC(CN(C)C)CN1CCNCC1. The summed E-state index contributed by atoms with van der Waals surface area (Å²) >= 11 is 0. The Labute approximate surface area is 82.1 Å². The van der Waals surface area contributed by atoms with Gasteiger partial charge in [-0.3, -0.25) is 0 Å². The molecule has 0 aromatic heterocycles. The van der Waals surface area contributed by atoms with E-state index in [4.69, 9.17) is 0 Å². The molecule has 1 saturated heterocycles. The average Bonchev–Trinajstić information content (AvgIpc) is 2.04. The summed E-state index contributed by atoms with van der Waals surface area (Å²) in [6, 6.07) is 0. The first-order valence-corrected chi connectivity index (χ1v) is 5.26. The number of piperazine rings is 1. The Morgan fingerprint density at radius 2 is 1.92 bits per heavy atom. The van der Waals surface area contributed by atoms with Crippen molar-refractivity contribution in [1.82, 2.24) is 15.1 Å². The first kappa shape index (κ1) is 11.0. The third kappa shape index (κ3) is 4.60. The molecule has 0 spiro atoms. The van der Waals surface area contributed by atoms with Gasteiger partial charge in [-0.2, -0.15) is 0 Å². The molecule has 78 valence electrons. The van der Waals surface area contributed by atoms with Crippen LogP contribution in [0, 0.1) is 5.92 Å². The molecular weight excluding hydrogens is 162 g/mol. The quantitative estimate of drug-likeness (QED) is 0.669. The fraction of sp³-hybridized carbons (Fsp3) is 1.00. The molecular formula is C10H23N3. The van der Waals surface area contributed by atoms with E-state index < -0.39 is 0 Å². The third-order valence-electron chi connectivity index (χ3n) is 2.46. The maximum absolute atomic E-state index is 3.38. The molecule has 1 N–H and O–H groups in total. The number of rotatable bonds is 4. The van der Waals surface area contributed by atoms with Crippen LogP contribution in [0.3, 0.4) is 0 Å². The van der Waals surface area contributed by atoms with Gasteiger partial charge in [0.2, 0.25) is 0 Å². The lowest BCUT2D eigenvalue weighted by Gasteiger charge is -2.30. The summed E-state index contributed by atoms with van der Waals surface area (Å²) < 4.78 is 0. The van der Waals surface area contributed by atoms with E-state index in [1.165, 1.54) is 26.2 Å². The van der Waals surface area contributed by atoms with Crippen LogP contribution in [0.2, 0.25) is 0 Å². The Morgan fingerprint density at radius 3 is 2.46 bits per heavy atom. The van der Waals surface area contributed by atoms with E-state index >= 15 is 0 Å². The Morgan fingerprint density at radius 1 is 1.31 bits per heavy atom. The molecule has 0 aromatic carbocycles. The van der Waals surface area contributed by atoms with Crippen molar-refractivity contribution in [3.05, 3.63) is 0 Å². The fourth-order valence-corrected chi connectivity index (χ4v) is 2.02. The van der Waals surface area contributed by atoms with Gasteiger partial charge in [-0.15, -0.1) is 0 Å². The molecule has 3 heteroatoms. The molecule has 1 heterocycles. The van der Waals surface area contributed by atoms with Crippen LogP contribution in [0.25, 0.3) is 0 Å². The van der Waals surface area contributed by atoms with Crippen molar-refractivity contribution >= 4 is 0 Å². The molecule has 0 bridgehead atoms. The Bertz CT molecular complexity index is 130. The maximum atomic E-state index is 3.38. The predicted octanol–water partition coefficient (Wildman–Crippen LogP) is 0.0893. The van der Waals surface area contributed by atoms with Gasteiger partial charge in [0, 0.05) is 39.3 Å². The van der Waals surface area contributed by atoms with Gasteiger partial charge < -0.3 is 15.1 Å². The average molecular weight is 185 g/mol. The molecule has 0 saturated carbocycles. The van der Waals surface area contributed by atoms with Crippen molar-refractivity contribution in [1.29, 1.82) is 0 Å². The largest absolute Gasteiger partial charge is 0.314 e. The molecule has 0 aromatic rings. The summed E-state index contributed by atoms with van der Waals surface area (Å²) in [5, 5.41) is 3.38. The van der Waals surface area contributed by atoms with Crippen LogP contribution < -0.4 is 5.32 Å². The summed E-state index contributed by atoms with van der Waals surface area (Å²) in [4.78, 5) is 4.83. The summed E-state index contributed by atoms with van der Waals surface area (Å²) in [6.45, 7) is 9.55. The lowest BCUT2D eigenvalue weighted by molar-refractivity contribution is 0.192. The summed E-state index contributed by atoms with van der Waals surface area (Å²) in [7, 11) is 4.29. The number of hydrogen-bond donors (Lipinski definition) is 1. The van der Waals surface area contributed by atoms with Crippen molar-refractivity contribution < 1.29 is 0 Å². The van der Waals surface area contributed by atoms with Gasteiger partial charge in [0.1, 0.15) is 0 Å². The summed E-state index contributed by atoms with van der Waals surface area (Å²) in [5.74, 6) is 0.785. The second kappa shape index (κ2) is 5.58. The molecule has 1 unspecified atom stereocenters. The van der Waals surface area contributed by atoms with Crippen molar-refractivity contribution in [2.24, 2.45) is 5.92 Å². The number of hydrogen-bond acceptors (Lipinski definition) is 3. The lowest BCUT2D eigenvalue weighted by Crippen LogP contribution is -2.45. The van der Waals surface area contributed by atoms with E-state index in [9.17, 15) is 0 Å². The minimum Gasteiger partial charge on any atom is -0.314 e. The van der Waals surface area contributed by atoms with Crippen LogP contribution in [-0.4, -0.2) is 63.2 Å². The van der Waals surface area contributed by atoms with Gasteiger partial charge in [-0.05, 0) is 20.0 Å². The zero-order chi connectivity index (χ0) is 9.68. The first-order chi connectivity index (χ1) is 6.18. The first-order valence-electron chi connectivity index (χ1n) is 5.26. The highest BCUT2D eigenvalue weighted by molar-refractivity contribution is 4.70. The molecule has 0 radical (unpaired) electrons. The van der Waals surface area contributed by atoms with Gasteiger partial charge in [-0.1, -0.05) is 6.92 Å². The summed E-state index contributed by atoms with van der Waals surface area (Å²) in [5.41, 5.74) is 0. The summed E-state index contributed by atoms with van der Waals surface area (Å²) in [6.07, 6.45) is 0. The zero-order valence-electron chi connectivity index (χ0n) is 9.21. The number of nitrogens with one attached hydrogen (secondary N) is 1. The predicted molar refractivity (Wildman–Crippen MR) is 57.0 cm³/mol. The topological polar surface area (TPSA) is 18.5 Å². The molecule has 1 fully saturated rings. The minimum atomic E-state index is 0.785. The van der Waals surface area contributed by atoms with E-state index in [1.807, 2.05) is 0 Å². The molecule has 1 aliphatic heterocycles. The smallest absolute Gasteiger partial charge is 0.0107 e. The lowest BCUT2D eigenvalue weighted by atomic mass is 10.1. The second-order valence-corrected chi connectivity index (χ2v) is 4.42. The Kier molecular flexibility index (Phi) is 4.70. The van der Waals surface area contributed by atoms with Crippen molar-refractivity contribution in [2.75, 3.05) is 53.4 Å². The normalized spacial score (nSPS) is 22.2. The van der Waals surface area contributed by atoms with Crippen molar-refractivity contribution in [3.8, 4) is 0 Å². The highest BCUT2D eigenvalue weighted by Crippen LogP contribution is 2.02. The van der Waals surface area contributed by atoms with E-state index in [0.29, 0.717) is 0 Å². The van der Waals surface area contributed by atoms with E-state index in [2.05, 4.69) is 36.1 Å². The van der Waals surface area contributed by atoms with Gasteiger partial charge >= 0.3 is 0 Å². The van der Waals surface area contributed by atoms with Crippen LogP contribution in [-0.2, 0) is 0 Å². The second-order valence-electron chi connectivity index (χ2n) is 4.42. The van der Waals surface area contributed by atoms with E-state index in [1.54, 1.807) is 0 Å².